The first kappa shape index (κ1) is 17.7. The van der Waals surface area contributed by atoms with Crippen LogP contribution in [0.2, 0.25) is 0 Å². The Bertz CT molecular complexity index is 329. The minimum absolute atomic E-state index is 0.0183. The van der Waals surface area contributed by atoms with Gasteiger partial charge in [-0.05, 0) is 26.2 Å². The number of rotatable bonds is 6. The number of amides is 1. The van der Waals surface area contributed by atoms with Crippen molar-refractivity contribution in [2.24, 2.45) is 11.3 Å². The lowest BCUT2D eigenvalue weighted by Gasteiger charge is -2.34. The Balaban J connectivity index is 5.30. The molecule has 110 valence electrons. The van der Waals surface area contributed by atoms with Crippen LogP contribution in [-0.2, 0) is 14.3 Å². The highest BCUT2D eigenvalue weighted by Crippen LogP contribution is 2.29. The topological polar surface area (TPSA) is 46.6 Å². The third kappa shape index (κ3) is 5.05. The van der Waals surface area contributed by atoms with E-state index in [2.05, 4.69) is 6.58 Å². The summed E-state index contributed by atoms with van der Waals surface area (Å²) in [6, 6.07) is 0.0183. The summed E-state index contributed by atoms with van der Waals surface area (Å²) in [4.78, 5) is 26.3. The molecule has 19 heavy (non-hydrogen) atoms. The lowest BCUT2D eigenvalue weighted by molar-refractivity contribution is -0.161. The van der Waals surface area contributed by atoms with Crippen molar-refractivity contribution in [3.63, 3.8) is 0 Å². The number of hydrogen-bond acceptors (Lipinski definition) is 3. The van der Waals surface area contributed by atoms with E-state index < -0.39 is 17.3 Å². The molecule has 0 N–H and O–H groups in total. The highest BCUT2D eigenvalue weighted by molar-refractivity contribution is 5.98. The largest absolute Gasteiger partial charge is 0.465 e. The van der Waals surface area contributed by atoms with Gasteiger partial charge in [-0.3, -0.25) is 9.59 Å². The Morgan fingerprint density at radius 2 is 1.84 bits per heavy atom. The summed E-state index contributed by atoms with van der Waals surface area (Å²) < 4.78 is 5.05. The standard InChI is InChI=1S/C15H27NO3/c1-8-10-16(11(3)4)13(17)12(15(5,6)7)14(18)19-9-2/h8,11-12H,1,9-10H2,2-7H3. The molecule has 0 aromatic rings. The average molecular weight is 269 g/mol. The van der Waals surface area contributed by atoms with Crippen LogP contribution in [0.4, 0.5) is 0 Å². The molecule has 1 amide bonds. The summed E-state index contributed by atoms with van der Waals surface area (Å²) in [7, 11) is 0. The molecule has 1 unspecified atom stereocenters. The van der Waals surface area contributed by atoms with E-state index in [0.717, 1.165) is 0 Å². The second-order valence-electron chi connectivity index (χ2n) is 5.92. The first-order valence-corrected chi connectivity index (χ1v) is 6.74. The van der Waals surface area contributed by atoms with E-state index in [1.165, 1.54) is 0 Å². The predicted octanol–water partition coefficient (Wildman–Crippen LogP) is 2.63. The molecule has 0 bridgehead atoms. The molecule has 0 fully saturated rings. The zero-order valence-corrected chi connectivity index (χ0v) is 13.0. The Labute approximate surface area is 116 Å². The average Bonchev–Trinajstić information content (AvgIpc) is 2.23. The van der Waals surface area contributed by atoms with Crippen LogP contribution in [0.5, 0.6) is 0 Å². The van der Waals surface area contributed by atoms with E-state index in [9.17, 15) is 9.59 Å². The van der Waals surface area contributed by atoms with Crippen molar-refractivity contribution in [1.29, 1.82) is 0 Å². The molecule has 1 atom stereocenters. The first-order valence-electron chi connectivity index (χ1n) is 6.74. The van der Waals surface area contributed by atoms with Crippen molar-refractivity contribution >= 4 is 11.9 Å². The molecule has 0 aliphatic carbocycles. The van der Waals surface area contributed by atoms with Crippen molar-refractivity contribution in [3.05, 3.63) is 12.7 Å². The highest BCUT2D eigenvalue weighted by atomic mass is 16.5. The minimum atomic E-state index is -0.783. The van der Waals surface area contributed by atoms with E-state index in [1.54, 1.807) is 17.9 Å². The molecule has 0 saturated heterocycles. The van der Waals surface area contributed by atoms with Crippen molar-refractivity contribution in [1.82, 2.24) is 4.90 Å². The normalized spacial score (nSPS) is 13.0. The summed E-state index contributed by atoms with van der Waals surface area (Å²) in [5, 5.41) is 0. The van der Waals surface area contributed by atoms with Gasteiger partial charge in [-0.15, -0.1) is 6.58 Å². The smallest absolute Gasteiger partial charge is 0.319 e. The van der Waals surface area contributed by atoms with Crippen LogP contribution in [0.25, 0.3) is 0 Å². The Morgan fingerprint density at radius 1 is 1.32 bits per heavy atom. The molecular formula is C15H27NO3. The first-order chi connectivity index (χ1) is 8.66. The van der Waals surface area contributed by atoms with Gasteiger partial charge in [-0.25, -0.2) is 0 Å². The molecule has 0 aliphatic rings. The maximum absolute atomic E-state index is 12.6. The second-order valence-corrected chi connectivity index (χ2v) is 5.92. The van der Waals surface area contributed by atoms with Gasteiger partial charge in [0.2, 0.25) is 5.91 Å². The van der Waals surface area contributed by atoms with E-state index in [1.807, 2.05) is 34.6 Å². The summed E-state index contributed by atoms with van der Waals surface area (Å²) in [5.41, 5.74) is -0.475. The fourth-order valence-electron chi connectivity index (χ4n) is 1.91. The van der Waals surface area contributed by atoms with Gasteiger partial charge >= 0.3 is 5.97 Å². The number of carbonyl (C=O) groups excluding carboxylic acids is 2. The van der Waals surface area contributed by atoms with E-state index in [4.69, 9.17) is 4.74 Å². The van der Waals surface area contributed by atoms with Gasteiger partial charge in [0.1, 0.15) is 5.92 Å². The Hall–Kier alpha value is -1.32. The van der Waals surface area contributed by atoms with E-state index in [-0.39, 0.29) is 18.6 Å². The number of carbonyl (C=O) groups is 2. The van der Waals surface area contributed by atoms with Crippen LogP contribution >= 0.6 is 0 Å². The molecule has 0 saturated carbocycles. The SMILES string of the molecule is C=CCN(C(=O)C(C(=O)OCC)C(C)(C)C)C(C)C. The van der Waals surface area contributed by atoms with Gasteiger partial charge in [0.15, 0.2) is 0 Å². The highest BCUT2D eigenvalue weighted by Gasteiger charge is 2.41. The number of esters is 1. The molecule has 0 spiro atoms. The van der Waals surface area contributed by atoms with Crippen LogP contribution in [0.1, 0.15) is 41.5 Å². The molecule has 0 aromatic carbocycles. The lowest BCUT2D eigenvalue weighted by Crippen LogP contribution is -2.48. The van der Waals surface area contributed by atoms with Crippen LogP contribution in [0.15, 0.2) is 12.7 Å². The third-order valence-electron chi connectivity index (χ3n) is 2.87. The quantitative estimate of drug-likeness (QED) is 0.423. The zero-order valence-electron chi connectivity index (χ0n) is 13.0. The van der Waals surface area contributed by atoms with E-state index in [0.29, 0.717) is 6.54 Å². The van der Waals surface area contributed by atoms with Gasteiger partial charge < -0.3 is 9.64 Å². The zero-order chi connectivity index (χ0) is 15.2. The monoisotopic (exact) mass is 269 g/mol. The fourth-order valence-corrected chi connectivity index (χ4v) is 1.91. The molecule has 0 heterocycles. The number of ether oxygens (including phenoxy) is 1. The van der Waals surface area contributed by atoms with Crippen LogP contribution in [-0.4, -0.2) is 36.0 Å². The van der Waals surface area contributed by atoms with Gasteiger partial charge in [0.25, 0.3) is 0 Å². The fraction of sp³-hybridized carbons (Fsp3) is 0.733. The van der Waals surface area contributed by atoms with Crippen LogP contribution in [0, 0.1) is 11.3 Å². The Morgan fingerprint density at radius 3 is 2.16 bits per heavy atom. The number of nitrogens with zero attached hydrogens (tertiary/aromatic N) is 1. The van der Waals surface area contributed by atoms with Gasteiger partial charge in [0.05, 0.1) is 6.61 Å². The van der Waals surface area contributed by atoms with Gasteiger partial charge in [-0.2, -0.15) is 0 Å². The van der Waals surface area contributed by atoms with E-state index >= 15 is 0 Å². The van der Waals surface area contributed by atoms with Gasteiger partial charge in [-0.1, -0.05) is 26.8 Å². The van der Waals surface area contributed by atoms with Crippen LogP contribution < -0.4 is 0 Å². The van der Waals surface area contributed by atoms with Gasteiger partial charge in [0, 0.05) is 12.6 Å². The maximum atomic E-state index is 12.6. The predicted molar refractivity (Wildman–Crippen MR) is 76.6 cm³/mol. The third-order valence-corrected chi connectivity index (χ3v) is 2.87. The maximum Gasteiger partial charge on any atom is 0.319 e. The molecule has 4 heteroatoms. The second kappa shape index (κ2) is 7.31. The minimum Gasteiger partial charge on any atom is -0.465 e. The molecule has 0 rings (SSSR count). The molecule has 0 radical (unpaired) electrons. The summed E-state index contributed by atoms with van der Waals surface area (Å²) >= 11 is 0. The molecule has 0 aliphatic heterocycles. The molecule has 4 nitrogen and oxygen atoms in total. The molecular weight excluding hydrogens is 242 g/mol. The lowest BCUT2D eigenvalue weighted by atomic mass is 9.79. The summed E-state index contributed by atoms with van der Waals surface area (Å²) in [5.74, 6) is -1.43. The summed E-state index contributed by atoms with van der Waals surface area (Å²) in [6.07, 6.45) is 1.67. The van der Waals surface area contributed by atoms with Crippen molar-refractivity contribution < 1.29 is 14.3 Å². The Kier molecular flexibility index (Phi) is 6.81. The summed E-state index contributed by atoms with van der Waals surface area (Å²) in [6.45, 7) is 15.6. The van der Waals surface area contributed by atoms with Crippen molar-refractivity contribution in [2.75, 3.05) is 13.2 Å². The number of hydrogen-bond donors (Lipinski definition) is 0. The van der Waals surface area contributed by atoms with Crippen molar-refractivity contribution in [3.8, 4) is 0 Å². The van der Waals surface area contributed by atoms with Crippen molar-refractivity contribution in [2.45, 2.75) is 47.6 Å². The van der Waals surface area contributed by atoms with Crippen LogP contribution in [0.3, 0.4) is 0 Å². The molecule has 0 aromatic heterocycles.